The summed E-state index contributed by atoms with van der Waals surface area (Å²) in [6.45, 7) is 3.50. The van der Waals surface area contributed by atoms with Crippen LogP contribution in [0.5, 0.6) is 0 Å². The molecule has 3 N–H and O–H groups in total. The highest BCUT2D eigenvalue weighted by atomic mass is 79.9. The minimum Gasteiger partial charge on any atom is -0.398 e. The van der Waals surface area contributed by atoms with Gasteiger partial charge in [-0.2, -0.15) is 0 Å². The second kappa shape index (κ2) is 5.05. The quantitative estimate of drug-likeness (QED) is 0.823. The molecule has 0 amide bonds. The second-order valence-electron chi connectivity index (χ2n) is 4.39. The standard InChI is InChI=1S/C13H14BrN3O2/c1-7-8(2)13(19)17(16-12(7)18)6-9-10(14)4-3-5-11(9)15/h3-5H,6,15H2,1-2H3,(H,16,18). The van der Waals surface area contributed by atoms with Gasteiger partial charge in [-0.05, 0) is 26.0 Å². The summed E-state index contributed by atoms with van der Waals surface area (Å²) >= 11 is 3.39. The van der Waals surface area contributed by atoms with E-state index < -0.39 is 0 Å². The van der Waals surface area contributed by atoms with Crippen LogP contribution in [0, 0.1) is 13.8 Å². The van der Waals surface area contributed by atoms with E-state index in [1.807, 2.05) is 12.1 Å². The number of H-pyrrole nitrogens is 1. The molecule has 0 unspecified atom stereocenters. The van der Waals surface area contributed by atoms with Crippen LogP contribution in [-0.2, 0) is 6.54 Å². The van der Waals surface area contributed by atoms with Crippen molar-refractivity contribution in [2.75, 3.05) is 5.73 Å². The fourth-order valence-corrected chi connectivity index (χ4v) is 2.31. The summed E-state index contributed by atoms with van der Waals surface area (Å²) in [4.78, 5) is 23.8. The van der Waals surface area contributed by atoms with Gasteiger partial charge in [-0.1, -0.05) is 22.0 Å². The Kier molecular flexibility index (Phi) is 3.61. The highest BCUT2D eigenvalue weighted by Crippen LogP contribution is 2.22. The molecule has 1 heterocycles. The van der Waals surface area contributed by atoms with Crippen molar-refractivity contribution in [3.8, 4) is 0 Å². The van der Waals surface area contributed by atoms with E-state index in [0.29, 0.717) is 16.8 Å². The molecule has 2 aromatic rings. The average Bonchev–Trinajstić information content (AvgIpc) is 2.37. The number of hydrogen-bond donors (Lipinski definition) is 2. The Morgan fingerprint density at radius 1 is 1.26 bits per heavy atom. The van der Waals surface area contributed by atoms with E-state index in [0.717, 1.165) is 10.0 Å². The Bertz CT molecular complexity index is 726. The van der Waals surface area contributed by atoms with Gasteiger partial charge in [0, 0.05) is 26.9 Å². The molecule has 100 valence electrons. The van der Waals surface area contributed by atoms with E-state index in [1.165, 1.54) is 4.68 Å². The maximum atomic E-state index is 12.1. The third kappa shape index (κ3) is 2.49. The first kappa shape index (κ1) is 13.6. The van der Waals surface area contributed by atoms with Crippen LogP contribution < -0.4 is 16.9 Å². The molecule has 1 aromatic heterocycles. The lowest BCUT2D eigenvalue weighted by atomic mass is 10.1. The van der Waals surface area contributed by atoms with Gasteiger partial charge >= 0.3 is 0 Å². The number of halogens is 1. The molecule has 0 aliphatic heterocycles. The molecule has 0 spiro atoms. The molecule has 0 atom stereocenters. The van der Waals surface area contributed by atoms with Crippen LogP contribution in [0.25, 0.3) is 0 Å². The molecule has 0 saturated heterocycles. The zero-order chi connectivity index (χ0) is 14.2. The smallest absolute Gasteiger partial charge is 0.268 e. The number of nitrogen functional groups attached to an aromatic ring is 1. The summed E-state index contributed by atoms with van der Waals surface area (Å²) in [7, 11) is 0. The number of anilines is 1. The molecular weight excluding hydrogens is 310 g/mol. The van der Waals surface area contributed by atoms with Crippen molar-refractivity contribution in [1.82, 2.24) is 9.78 Å². The number of nitrogens with one attached hydrogen (secondary N) is 1. The molecule has 6 heteroatoms. The Morgan fingerprint density at radius 2 is 1.95 bits per heavy atom. The second-order valence-corrected chi connectivity index (χ2v) is 5.24. The fourth-order valence-electron chi connectivity index (χ4n) is 1.80. The molecule has 2 rings (SSSR count). The van der Waals surface area contributed by atoms with Crippen molar-refractivity contribution in [2.45, 2.75) is 20.4 Å². The lowest BCUT2D eigenvalue weighted by Gasteiger charge is -2.11. The molecule has 0 saturated carbocycles. The summed E-state index contributed by atoms with van der Waals surface area (Å²) in [6.07, 6.45) is 0. The van der Waals surface area contributed by atoms with Gasteiger partial charge in [-0.25, -0.2) is 4.68 Å². The highest BCUT2D eigenvalue weighted by molar-refractivity contribution is 9.10. The third-order valence-electron chi connectivity index (χ3n) is 3.18. The van der Waals surface area contributed by atoms with Crippen molar-refractivity contribution in [3.05, 3.63) is 60.1 Å². The number of aromatic amines is 1. The number of aromatic nitrogens is 2. The number of hydrogen-bond acceptors (Lipinski definition) is 3. The zero-order valence-corrected chi connectivity index (χ0v) is 12.2. The molecular formula is C13H14BrN3O2. The first-order valence-electron chi connectivity index (χ1n) is 5.75. The number of benzene rings is 1. The van der Waals surface area contributed by atoms with Gasteiger partial charge in [0.2, 0.25) is 0 Å². The minimum absolute atomic E-state index is 0.216. The Labute approximate surface area is 118 Å². The van der Waals surface area contributed by atoms with Crippen molar-refractivity contribution < 1.29 is 0 Å². The van der Waals surface area contributed by atoms with Crippen molar-refractivity contribution in [2.24, 2.45) is 0 Å². The number of nitrogens with two attached hydrogens (primary N) is 1. The summed E-state index contributed by atoms with van der Waals surface area (Å²) in [5, 5.41) is 2.56. The van der Waals surface area contributed by atoms with Gasteiger partial charge in [-0.15, -0.1) is 0 Å². The molecule has 1 aromatic carbocycles. The monoisotopic (exact) mass is 323 g/mol. The van der Waals surface area contributed by atoms with Gasteiger partial charge in [-0.3, -0.25) is 14.7 Å². The molecule has 0 radical (unpaired) electrons. The first-order valence-corrected chi connectivity index (χ1v) is 6.54. The molecule has 0 aliphatic carbocycles. The van der Waals surface area contributed by atoms with Crippen molar-refractivity contribution >= 4 is 21.6 Å². The van der Waals surface area contributed by atoms with E-state index >= 15 is 0 Å². The topological polar surface area (TPSA) is 80.9 Å². The first-order chi connectivity index (χ1) is 8.91. The van der Waals surface area contributed by atoms with Crippen molar-refractivity contribution in [1.29, 1.82) is 0 Å². The maximum Gasteiger partial charge on any atom is 0.268 e. The van der Waals surface area contributed by atoms with Crippen LogP contribution in [-0.4, -0.2) is 9.78 Å². The summed E-state index contributed by atoms with van der Waals surface area (Å²) in [5.41, 5.74) is 7.65. The van der Waals surface area contributed by atoms with Crippen LogP contribution in [0.15, 0.2) is 32.3 Å². The van der Waals surface area contributed by atoms with Crippen LogP contribution >= 0.6 is 15.9 Å². The molecule has 0 bridgehead atoms. The normalized spacial score (nSPS) is 10.7. The summed E-state index contributed by atoms with van der Waals surface area (Å²) < 4.78 is 2.08. The van der Waals surface area contributed by atoms with E-state index in [9.17, 15) is 9.59 Å². The highest BCUT2D eigenvalue weighted by Gasteiger charge is 2.10. The SMILES string of the molecule is Cc1c(C)c(=O)n(Cc2c(N)cccc2Br)[nH]c1=O. The van der Waals surface area contributed by atoms with Gasteiger partial charge in [0.05, 0.1) is 6.54 Å². The molecule has 0 fully saturated rings. The Morgan fingerprint density at radius 3 is 2.58 bits per heavy atom. The van der Waals surface area contributed by atoms with Crippen LogP contribution in [0.2, 0.25) is 0 Å². The van der Waals surface area contributed by atoms with Crippen LogP contribution in [0.4, 0.5) is 5.69 Å². The summed E-state index contributed by atoms with van der Waals surface area (Å²) in [5.74, 6) is 0. The van der Waals surface area contributed by atoms with Crippen LogP contribution in [0.3, 0.4) is 0 Å². The lowest BCUT2D eigenvalue weighted by Crippen LogP contribution is -2.33. The Hall–Kier alpha value is -1.82. The predicted octanol–water partition coefficient (Wildman–Crippen LogP) is 1.55. The molecule has 0 aliphatic rings. The Balaban J connectivity index is 2.57. The van der Waals surface area contributed by atoms with E-state index in [1.54, 1.807) is 19.9 Å². The average molecular weight is 324 g/mol. The van der Waals surface area contributed by atoms with E-state index in [-0.39, 0.29) is 17.7 Å². The van der Waals surface area contributed by atoms with Crippen molar-refractivity contribution in [3.63, 3.8) is 0 Å². The number of nitrogens with zero attached hydrogens (tertiary/aromatic N) is 1. The van der Waals surface area contributed by atoms with Gasteiger partial charge in [0.1, 0.15) is 0 Å². The van der Waals surface area contributed by atoms with E-state index in [2.05, 4.69) is 21.0 Å². The molecule has 19 heavy (non-hydrogen) atoms. The van der Waals surface area contributed by atoms with E-state index in [4.69, 9.17) is 5.73 Å². The zero-order valence-electron chi connectivity index (χ0n) is 10.7. The van der Waals surface area contributed by atoms with Gasteiger partial charge in [0.25, 0.3) is 11.1 Å². The van der Waals surface area contributed by atoms with Gasteiger partial charge in [0.15, 0.2) is 0 Å². The lowest BCUT2D eigenvalue weighted by molar-refractivity contribution is 0.618. The predicted molar refractivity (Wildman–Crippen MR) is 78.5 cm³/mol. The van der Waals surface area contributed by atoms with Gasteiger partial charge < -0.3 is 5.73 Å². The fraction of sp³-hybridized carbons (Fsp3) is 0.231. The molecule has 5 nitrogen and oxygen atoms in total. The minimum atomic E-state index is -0.261. The third-order valence-corrected chi connectivity index (χ3v) is 3.92. The maximum absolute atomic E-state index is 12.1. The van der Waals surface area contributed by atoms with Crippen LogP contribution in [0.1, 0.15) is 16.7 Å². The summed E-state index contributed by atoms with van der Waals surface area (Å²) in [6, 6.07) is 5.41. The number of rotatable bonds is 2. The largest absolute Gasteiger partial charge is 0.398 e.